The van der Waals surface area contributed by atoms with E-state index in [0.29, 0.717) is 101 Å². The van der Waals surface area contributed by atoms with Crippen LogP contribution in [0.15, 0.2) is 186 Å². The van der Waals surface area contributed by atoms with E-state index in [1.54, 1.807) is 65.5 Å². The number of ether oxygens (including phenoxy) is 9. The summed E-state index contributed by atoms with van der Waals surface area (Å²) in [6, 6.07) is 44.4. The predicted octanol–water partition coefficient (Wildman–Crippen LogP) is 7.41. The fraction of sp³-hybridized carbons (Fsp3) is 0.333. The summed E-state index contributed by atoms with van der Waals surface area (Å²) in [5.74, 6) is -1.87. The Morgan fingerprint density at radius 2 is 1.11 bits per heavy atom. The Morgan fingerprint density at radius 1 is 0.556 bits per heavy atom. The van der Waals surface area contributed by atoms with Crippen molar-refractivity contribution in [3.63, 3.8) is 0 Å². The smallest absolute Gasteiger partial charge is 0.493 e. The molecule has 0 bridgehead atoms. The van der Waals surface area contributed by atoms with Gasteiger partial charge >= 0.3 is 10.4 Å². The summed E-state index contributed by atoms with van der Waals surface area (Å²) in [7, 11) is 1.99. The van der Waals surface area contributed by atoms with Crippen LogP contribution in [-0.4, -0.2) is 230 Å². The summed E-state index contributed by atoms with van der Waals surface area (Å²) in [4.78, 5) is 91.9. The van der Waals surface area contributed by atoms with E-state index in [9.17, 15) is 57.6 Å². The van der Waals surface area contributed by atoms with Crippen molar-refractivity contribution in [2.24, 2.45) is 9.98 Å². The van der Waals surface area contributed by atoms with Crippen LogP contribution >= 0.6 is 0 Å². The fourth-order valence-electron chi connectivity index (χ4n) is 15.1. The minimum atomic E-state index is -5.10. The molecule has 7 atom stereocenters. The van der Waals surface area contributed by atoms with Crippen LogP contribution in [0.25, 0.3) is 0 Å². The minimum Gasteiger partial charge on any atom is -0.493 e. The number of nitrogens with one attached hydrogen (secondary N) is 2. The van der Waals surface area contributed by atoms with Gasteiger partial charge in [-0.05, 0) is 150 Å². The second-order valence-corrected chi connectivity index (χ2v) is 32.0. The van der Waals surface area contributed by atoms with Crippen molar-refractivity contribution < 1.29 is 113 Å². The highest BCUT2D eigenvalue weighted by Crippen LogP contribution is 2.42. The van der Waals surface area contributed by atoms with Gasteiger partial charge in [-0.2, -0.15) is 0 Å². The molecular formula is C90H95N10O23S+. The van der Waals surface area contributed by atoms with E-state index in [1.807, 2.05) is 90.9 Å². The third-order valence-electron chi connectivity index (χ3n) is 21.2. The van der Waals surface area contributed by atoms with Gasteiger partial charge in [0.05, 0.1) is 122 Å². The summed E-state index contributed by atoms with van der Waals surface area (Å²) in [5, 5.41) is 55.6. The molecule has 1 fully saturated rings. The van der Waals surface area contributed by atoms with Crippen molar-refractivity contribution in [3.8, 4) is 40.2 Å². The third kappa shape index (κ3) is 21.9. The number of nitrogens with zero attached hydrogens (tertiary/aromatic N) is 8. The monoisotopic (exact) mass is 1720 g/mol. The normalized spacial score (nSPS) is 18.3. The van der Waals surface area contributed by atoms with E-state index in [1.165, 1.54) is 62.6 Å². The Kier molecular flexibility index (Phi) is 28.1. The first-order valence-corrected chi connectivity index (χ1v) is 41.5. The van der Waals surface area contributed by atoms with Gasteiger partial charge in [0.15, 0.2) is 46.1 Å². The van der Waals surface area contributed by atoms with Gasteiger partial charge in [-0.3, -0.25) is 38.8 Å². The number of amides is 4. The van der Waals surface area contributed by atoms with Gasteiger partial charge in [-0.1, -0.05) is 65.9 Å². The maximum absolute atomic E-state index is 14.3. The average molecular weight is 1720 g/mol. The number of aliphatic imine (C=N–C) groups is 2. The summed E-state index contributed by atoms with van der Waals surface area (Å²) in [6.45, 7) is 3.85. The Morgan fingerprint density at radius 3 is 1.70 bits per heavy atom. The van der Waals surface area contributed by atoms with E-state index >= 15 is 0 Å². The molecule has 9 aromatic rings. The highest BCUT2D eigenvalue weighted by Gasteiger charge is 2.46. The molecule has 1 aromatic heterocycles. The Balaban J connectivity index is 0.600. The molecule has 648 valence electrons. The van der Waals surface area contributed by atoms with Crippen LogP contribution in [0.3, 0.4) is 0 Å². The number of hydrogen-bond donors (Lipinski definition) is 6. The highest BCUT2D eigenvalue weighted by molar-refractivity contribution is 7.82. The van der Waals surface area contributed by atoms with Crippen molar-refractivity contribution in [3.05, 3.63) is 254 Å². The van der Waals surface area contributed by atoms with Gasteiger partial charge in [0.25, 0.3) is 23.6 Å². The SMILES string of the molecule is COc1cc2c(cc1OCc1cc(COc3cc4c(cc3OC)C(=O)N3Cc5ccccc5C[C@H]3C=N4)cc(C[N+](C)(C)Cc3ccc(OS(=O)(=O)Oc4cc(C(=O)NCCOCCn5cc(COCCOCCNC(=O)c6cccc(C(=O)/C=C/C(C)=O)c6)nn5)ccc4OC4O[C@H](CO)[C@H](O)[C@H](O)[C@H]4O)cc3)c1)N=C[C@@H]1Cc3ccccc3CN1C2=O. The zero-order valence-corrected chi connectivity index (χ0v) is 69.5. The molecule has 8 aromatic carbocycles. The molecule has 0 spiro atoms. The van der Waals surface area contributed by atoms with E-state index < -0.39 is 76.8 Å². The van der Waals surface area contributed by atoms with Crippen molar-refractivity contribution in [1.82, 2.24) is 35.4 Å². The van der Waals surface area contributed by atoms with Crippen LogP contribution in [0.5, 0.6) is 40.2 Å². The molecule has 34 heteroatoms. The van der Waals surface area contributed by atoms with Crippen LogP contribution in [0.1, 0.15) is 109 Å². The molecule has 0 aliphatic carbocycles. The molecule has 6 heterocycles. The lowest BCUT2D eigenvalue weighted by atomic mass is 9.94. The fourth-order valence-corrected chi connectivity index (χ4v) is 15.8. The van der Waals surface area contributed by atoms with Crippen LogP contribution in [0, 0.1) is 0 Å². The molecule has 1 unspecified atom stereocenters. The molecule has 1 saturated heterocycles. The van der Waals surface area contributed by atoms with E-state index in [4.69, 9.17) is 61.0 Å². The largest absolute Gasteiger partial charge is 0.501 e. The number of hydrogen-bond acceptors (Lipinski definition) is 27. The molecule has 4 amide bonds. The number of carbonyl (C=O) groups excluding carboxylic acids is 6. The van der Waals surface area contributed by atoms with Crippen LogP contribution in [0.2, 0.25) is 0 Å². The number of allylic oxidation sites excluding steroid dienone is 2. The molecule has 0 radical (unpaired) electrons. The standard InChI is InChI=1S/C90H94N10O23S/c1-55(102)17-23-75(103)62-15-10-16-63(36-62)86(107)91-26-29-116-31-32-117-54-67-48-97(96-95-67)27-30-115-28-25-92-87(108)64-20-24-76(120-90-85(106)84(105)83(104)82(51-101)121-90)81(39-64)123-124(111,112)122-70-21-18-56(19-22-70)49-100(2,3)50-57-33-58(52-118-79-42-73-71(40-77(79)113-4)88(109)98-46-65-13-8-6-11-60(65)37-68(98)44-93-73)35-59(34-57)53-119-80-43-74-72(41-78(80)114-5)89(110)99-47-66-14-9-7-12-61(66)38-69(99)45-94-74/h6-24,33-36,39-45,48,68-69,82-85,90,101,104-106H,25-32,37-38,46-47,49-54H2,1-5H3,(H-,91,92,107,108)/p+1/b23-17+/t68-,69-,82+,83-,84-,85+,90?/m0/s1. The van der Waals surface area contributed by atoms with Crippen molar-refractivity contribution >= 4 is 69.4 Å². The van der Waals surface area contributed by atoms with Crippen molar-refractivity contribution in [2.75, 3.05) is 81.0 Å². The molecule has 6 N–H and O–H groups in total. The van der Waals surface area contributed by atoms with Crippen LogP contribution in [-0.2, 0) is 99.5 Å². The van der Waals surface area contributed by atoms with Gasteiger partial charge < -0.3 is 96.3 Å². The zero-order chi connectivity index (χ0) is 87.2. The van der Waals surface area contributed by atoms with Gasteiger partial charge in [0.1, 0.15) is 62.2 Å². The topological polar surface area (TPSA) is 405 Å². The summed E-state index contributed by atoms with van der Waals surface area (Å²) < 4.78 is 94.3. The number of quaternary nitrogens is 1. The number of aliphatic hydroxyl groups excluding tert-OH is 4. The van der Waals surface area contributed by atoms with Gasteiger partial charge in [0.2, 0.25) is 6.29 Å². The molecule has 14 rings (SSSR count). The Hall–Kier alpha value is -12.6. The number of fused-ring (bicyclic) bond motifs is 6. The second kappa shape index (κ2) is 39.7. The van der Waals surface area contributed by atoms with Gasteiger partial charge in [0, 0.05) is 78.6 Å². The van der Waals surface area contributed by atoms with Gasteiger partial charge in [-0.25, -0.2) is 4.68 Å². The Bertz CT molecular complexity index is 5480. The van der Waals surface area contributed by atoms with E-state index in [2.05, 4.69) is 33.1 Å². The molecule has 33 nitrogen and oxygen atoms in total. The number of benzene rings is 8. The summed E-state index contributed by atoms with van der Waals surface area (Å²) in [5.41, 5.74) is 10.3. The molecule has 5 aliphatic heterocycles. The first kappa shape index (κ1) is 87.7. The minimum absolute atomic E-state index is 0.00721. The first-order valence-electron chi connectivity index (χ1n) is 40.2. The van der Waals surface area contributed by atoms with E-state index in [0.717, 1.165) is 51.6 Å². The van der Waals surface area contributed by atoms with Gasteiger partial charge in [-0.15, -0.1) is 13.5 Å². The summed E-state index contributed by atoms with van der Waals surface area (Å²) >= 11 is 0. The van der Waals surface area contributed by atoms with Crippen LogP contribution < -0.4 is 42.7 Å². The average Bonchev–Trinajstić information content (AvgIpc) is 1.64. The second-order valence-electron chi connectivity index (χ2n) is 30.9. The number of ketones is 2. The highest BCUT2D eigenvalue weighted by atomic mass is 32.3. The third-order valence-corrected chi connectivity index (χ3v) is 22.0. The first-order chi connectivity index (χ1) is 59.8. The lowest BCUT2D eigenvalue weighted by molar-refractivity contribution is -0.916. The zero-order valence-electron chi connectivity index (χ0n) is 68.7. The number of methoxy groups -OCH3 is 2. The number of carbonyl (C=O) groups is 6. The quantitative estimate of drug-likeness (QED) is 0.00948. The Labute approximate surface area is 714 Å². The lowest BCUT2D eigenvalue weighted by Crippen LogP contribution is -2.60. The maximum atomic E-state index is 14.3. The molecular weight excluding hydrogens is 1620 g/mol. The lowest BCUT2D eigenvalue weighted by Gasteiger charge is -2.39. The number of aromatic nitrogens is 3. The molecule has 0 saturated carbocycles. The molecule has 5 aliphatic rings. The van der Waals surface area contributed by atoms with Crippen molar-refractivity contribution in [1.29, 1.82) is 0 Å². The predicted molar refractivity (Wildman–Crippen MR) is 449 cm³/mol. The van der Waals surface area contributed by atoms with Crippen molar-refractivity contribution in [2.45, 2.75) is 115 Å². The van der Waals surface area contributed by atoms with Crippen LogP contribution in [0.4, 0.5) is 11.4 Å². The van der Waals surface area contributed by atoms with E-state index in [-0.39, 0.29) is 118 Å². The number of aliphatic hydroxyl groups is 4. The summed E-state index contributed by atoms with van der Waals surface area (Å²) in [6.07, 6.45) is 0.172. The number of rotatable bonds is 38. The molecule has 124 heavy (non-hydrogen) atoms. The maximum Gasteiger partial charge on any atom is 0.501 e.